The molecule has 0 saturated heterocycles. The minimum atomic E-state index is -4.36. The van der Waals surface area contributed by atoms with E-state index in [1.807, 2.05) is 12.1 Å². The molecule has 10 heteroatoms. The van der Waals surface area contributed by atoms with Crippen LogP contribution in [-0.2, 0) is 11.0 Å². The van der Waals surface area contributed by atoms with Crippen molar-refractivity contribution in [2.75, 3.05) is 5.32 Å². The van der Waals surface area contributed by atoms with Crippen molar-refractivity contribution in [1.82, 2.24) is 14.6 Å². The van der Waals surface area contributed by atoms with Crippen molar-refractivity contribution >= 4 is 23.7 Å². The van der Waals surface area contributed by atoms with E-state index in [1.165, 1.54) is 31.4 Å². The van der Waals surface area contributed by atoms with E-state index in [1.54, 1.807) is 10.6 Å². The second kappa shape index (κ2) is 9.47. The van der Waals surface area contributed by atoms with Gasteiger partial charge in [-0.15, -0.1) is 5.10 Å². The Bertz CT molecular complexity index is 967. The molecule has 160 valence electrons. The van der Waals surface area contributed by atoms with Crippen LogP contribution >= 0.6 is 0 Å². The van der Waals surface area contributed by atoms with E-state index in [-0.39, 0.29) is 12.5 Å². The van der Waals surface area contributed by atoms with E-state index >= 15 is 0 Å². The maximum absolute atomic E-state index is 12.7. The van der Waals surface area contributed by atoms with E-state index in [2.05, 4.69) is 21.1 Å². The highest BCUT2D eigenvalue weighted by Crippen LogP contribution is 2.30. The molecule has 1 amide bonds. The Hall–Kier alpha value is -3.30. The summed E-state index contributed by atoms with van der Waals surface area (Å²) in [6.45, 7) is 0. The van der Waals surface area contributed by atoms with Gasteiger partial charge in [0.05, 0.1) is 5.56 Å². The quantitative estimate of drug-likeness (QED) is 0.613. The van der Waals surface area contributed by atoms with Gasteiger partial charge in [-0.1, -0.05) is 12.5 Å². The SMILES string of the molecule is FC(F)(F)c1ccc(Nc2nc3cccc(OC4CCCCC4)n3n2)cc1.NC=O. The first-order chi connectivity index (χ1) is 14.4. The molecule has 0 spiro atoms. The summed E-state index contributed by atoms with van der Waals surface area (Å²) in [4.78, 5) is 13.0. The number of benzene rings is 1. The van der Waals surface area contributed by atoms with Crippen LogP contribution in [0.25, 0.3) is 5.65 Å². The fourth-order valence-corrected chi connectivity index (χ4v) is 3.25. The van der Waals surface area contributed by atoms with Gasteiger partial charge in [0.25, 0.3) is 0 Å². The Labute approximate surface area is 171 Å². The maximum atomic E-state index is 12.7. The zero-order chi connectivity index (χ0) is 21.6. The standard InChI is InChI=1S/C19H19F3N4O.CH3NO/c20-19(21,22)13-9-11-14(12-10-13)23-18-24-16-7-4-8-17(26(16)25-18)27-15-5-2-1-3-6-15;2-1-3/h4,7-12,15H,1-3,5-6H2,(H,23,25);1H,(H2,2,3). The van der Waals surface area contributed by atoms with Crippen LogP contribution in [0.4, 0.5) is 24.8 Å². The van der Waals surface area contributed by atoms with Crippen LogP contribution in [0.2, 0.25) is 0 Å². The van der Waals surface area contributed by atoms with Gasteiger partial charge >= 0.3 is 6.18 Å². The molecule has 1 aliphatic rings. The molecule has 4 rings (SSSR count). The number of carbonyl (C=O) groups excluding carboxylic acids is 1. The number of aromatic nitrogens is 3. The zero-order valence-corrected chi connectivity index (χ0v) is 16.1. The Morgan fingerprint density at radius 2 is 1.77 bits per heavy atom. The first-order valence-electron chi connectivity index (χ1n) is 9.53. The molecule has 3 aromatic rings. The number of rotatable bonds is 4. The number of alkyl halides is 3. The lowest BCUT2D eigenvalue weighted by Crippen LogP contribution is -2.20. The van der Waals surface area contributed by atoms with Crippen LogP contribution in [0.1, 0.15) is 37.7 Å². The molecule has 0 radical (unpaired) electrons. The number of nitrogens with one attached hydrogen (secondary N) is 1. The molecule has 3 N–H and O–H groups in total. The Morgan fingerprint density at radius 1 is 1.10 bits per heavy atom. The number of nitrogens with zero attached hydrogens (tertiary/aromatic N) is 3. The fraction of sp³-hybridized carbons (Fsp3) is 0.350. The van der Waals surface area contributed by atoms with Crippen molar-refractivity contribution in [2.45, 2.75) is 44.4 Å². The van der Waals surface area contributed by atoms with Crippen LogP contribution in [-0.4, -0.2) is 27.1 Å². The van der Waals surface area contributed by atoms with E-state index in [0.717, 1.165) is 25.0 Å². The van der Waals surface area contributed by atoms with Gasteiger partial charge in [0.2, 0.25) is 18.2 Å². The predicted molar refractivity (Wildman–Crippen MR) is 105 cm³/mol. The van der Waals surface area contributed by atoms with Crippen LogP contribution in [0.15, 0.2) is 42.5 Å². The molecule has 2 heterocycles. The van der Waals surface area contributed by atoms with Gasteiger partial charge in [-0.2, -0.15) is 22.7 Å². The summed E-state index contributed by atoms with van der Waals surface area (Å²) in [6, 6.07) is 10.3. The summed E-state index contributed by atoms with van der Waals surface area (Å²) >= 11 is 0. The Kier molecular flexibility index (Phi) is 6.76. The lowest BCUT2D eigenvalue weighted by atomic mass is 9.98. The number of ether oxygens (including phenoxy) is 1. The number of primary amides is 1. The highest BCUT2D eigenvalue weighted by molar-refractivity contribution is 5.56. The zero-order valence-electron chi connectivity index (χ0n) is 16.1. The molecule has 1 saturated carbocycles. The van der Waals surface area contributed by atoms with Crippen molar-refractivity contribution in [1.29, 1.82) is 0 Å². The number of carbonyl (C=O) groups is 1. The third-order valence-corrected chi connectivity index (χ3v) is 4.63. The number of fused-ring (bicyclic) bond motifs is 1. The first-order valence-corrected chi connectivity index (χ1v) is 9.53. The summed E-state index contributed by atoms with van der Waals surface area (Å²) in [5, 5.41) is 7.33. The van der Waals surface area contributed by atoms with Crippen molar-refractivity contribution in [3.63, 3.8) is 0 Å². The molecule has 1 aliphatic carbocycles. The van der Waals surface area contributed by atoms with E-state index < -0.39 is 11.7 Å². The van der Waals surface area contributed by atoms with Crippen molar-refractivity contribution < 1.29 is 22.7 Å². The lowest BCUT2D eigenvalue weighted by molar-refractivity contribution is -0.137. The molecule has 0 unspecified atom stereocenters. The van der Waals surface area contributed by atoms with Crippen molar-refractivity contribution in [2.24, 2.45) is 5.73 Å². The van der Waals surface area contributed by atoms with Gasteiger partial charge in [0.1, 0.15) is 6.10 Å². The van der Waals surface area contributed by atoms with Crippen molar-refractivity contribution in [3.05, 3.63) is 48.0 Å². The number of hydrogen-bond donors (Lipinski definition) is 2. The number of halogens is 3. The summed E-state index contributed by atoms with van der Waals surface area (Å²) in [6.07, 6.45) is 1.71. The van der Waals surface area contributed by atoms with Gasteiger partial charge in [-0.25, -0.2) is 0 Å². The molecule has 2 aromatic heterocycles. The molecule has 7 nitrogen and oxygen atoms in total. The minimum absolute atomic E-state index is 0.180. The number of anilines is 2. The summed E-state index contributed by atoms with van der Waals surface area (Å²) in [5.74, 6) is 0.918. The summed E-state index contributed by atoms with van der Waals surface area (Å²) in [5.41, 5.74) is 4.56. The first kappa shape index (κ1) is 21.4. The van der Waals surface area contributed by atoms with Gasteiger partial charge < -0.3 is 15.8 Å². The van der Waals surface area contributed by atoms with Gasteiger partial charge in [0, 0.05) is 11.8 Å². The third-order valence-electron chi connectivity index (χ3n) is 4.63. The van der Waals surface area contributed by atoms with Gasteiger partial charge in [-0.05, 0) is 56.0 Å². The second-order valence-electron chi connectivity index (χ2n) is 6.78. The fourth-order valence-electron chi connectivity index (χ4n) is 3.25. The molecule has 1 fully saturated rings. The van der Waals surface area contributed by atoms with Gasteiger partial charge in [0.15, 0.2) is 5.65 Å². The summed E-state index contributed by atoms with van der Waals surface area (Å²) < 4.78 is 45.7. The van der Waals surface area contributed by atoms with Gasteiger partial charge in [-0.3, -0.25) is 4.79 Å². The molecule has 0 aliphatic heterocycles. The largest absolute Gasteiger partial charge is 0.474 e. The number of hydrogen-bond acceptors (Lipinski definition) is 5. The third kappa shape index (κ3) is 5.40. The van der Waals surface area contributed by atoms with E-state index in [4.69, 9.17) is 9.53 Å². The average molecular weight is 421 g/mol. The Morgan fingerprint density at radius 3 is 2.40 bits per heavy atom. The highest BCUT2D eigenvalue weighted by Gasteiger charge is 2.30. The molecule has 30 heavy (non-hydrogen) atoms. The topological polar surface area (TPSA) is 94.5 Å². The number of nitrogens with two attached hydrogens (primary N) is 1. The number of amides is 1. The smallest absolute Gasteiger partial charge is 0.416 e. The molecule has 0 bridgehead atoms. The van der Waals surface area contributed by atoms with Crippen LogP contribution in [0.5, 0.6) is 5.88 Å². The van der Waals surface area contributed by atoms with Crippen LogP contribution < -0.4 is 15.8 Å². The summed E-state index contributed by atoms with van der Waals surface area (Å²) in [7, 11) is 0. The lowest BCUT2D eigenvalue weighted by Gasteiger charge is -2.22. The van der Waals surface area contributed by atoms with E-state index in [0.29, 0.717) is 23.2 Å². The van der Waals surface area contributed by atoms with Crippen molar-refractivity contribution in [3.8, 4) is 5.88 Å². The Balaban J connectivity index is 0.000000806. The van der Waals surface area contributed by atoms with Crippen LogP contribution in [0, 0.1) is 0 Å². The maximum Gasteiger partial charge on any atom is 0.416 e. The minimum Gasteiger partial charge on any atom is -0.474 e. The molecular formula is C20H22F3N5O2. The predicted octanol–water partition coefficient (Wildman–Crippen LogP) is 4.30. The van der Waals surface area contributed by atoms with E-state index in [9.17, 15) is 13.2 Å². The monoisotopic (exact) mass is 421 g/mol. The molecule has 1 aromatic carbocycles. The highest BCUT2D eigenvalue weighted by atomic mass is 19.4. The normalized spacial score (nSPS) is 14.6. The molecule has 0 atom stereocenters. The molecular weight excluding hydrogens is 399 g/mol. The second-order valence-corrected chi connectivity index (χ2v) is 6.78. The number of pyridine rings is 1. The average Bonchev–Trinajstić information content (AvgIpc) is 3.13. The van der Waals surface area contributed by atoms with Crippen LogP contribution in [0.3, 0.4) is 0 Å².